The lowest BCUT2D eigenvalue weighted by Gasteiger charge is -2.04. The van der Waals surface area contributed by atoms with Crippen LogP contribution in [0.1, 0.15) is 18.5 Å². The van der Waals surface area contributed by atoms with E-state index >= 15 is 0 Å². The van der Waals surface area contributed by atoms with Crippen molar-refractivity contribution in [3.8, 4) is 0 Å². The van der Waals surface area contributed by atoms with Crippen LogP contribution in [0.2, 0.25) is 0 Å². The number of hydrogen-bond acceptors (Lipinski definition) is 2. The Labute approximate surface area is 76.6 Å². The molecule has 0 aliphatic carbocycles. The third-order valence-electron chi connectivity index (χ3n) is 1.67. The quantitative estimate of drug-likeness (QED) is 0.758. The third-order valence-corrected chi connectivity index (χ3v) is 1.67. The summed E-state index contributed by atoms with van der Waals surface area (Å²) in [5.41, 5.74) is 0.720. The summed E-state index contributed by atoms with van der Waals surface area (Å²) in [6.45, 7) is 1.64. The summed E-state index contributed by atoms with van der Waals surface area (Å²) in [4.78, 5) is 10.5. The van der Waals surface area contributed by atoms with Crippen LogP contribution in [0.3, 0.4) is 0 Å². The molecule has 0 saturated heterocycles. The van der Waals surface area contributed by atoms with Gasteiger partial charge in [-0.25, -0.2) is 0 Å². The number of carboxylic acids is 1. The molecule has 12 heavy (non-hydrogen) atoms. The molecule has 1 aromatic heterocycles. The van der Waals surface area contributed by atoms with Crippen LogP contribution in [0.25, 0.3) is 0 Å². The van der Waals surface area contributed by atoms with Gasteiger partial charge in [0, 0.05) is 13.2 Å². The summed E-state index contributed by atoms with van der Waals surface area (Å²) < 4.78 is 1.57. The smallest absolute Gasteiger partial charge is 0.312 e. The Morgan fingerprint density at radius 1 is 1.75 bits per heavy atom. The van der Waals surface area contributed by atoms with Crippen molar-refractivity contribution in [1.82, 2.24) is 9.78 Å². The molecule has 68 valence electrons. The first-order valence-corrected chi connectivity index (χ1v) is 3.33. The van der Waals surface area contributed by atoms with Gasteiger partial charge >= 0.3 is 5.97 Å². The zero-order chi connectivity index (χ0) is 8.43. The molecule has 0 aliphatic rings. The average molecular weight is 191 g/mol. The van der Waals surface area contributed by atoms with Gasteiger partial charge in [-0.05, 0) is 13.0 Å². The van der Waals surface area contributed by atoms with Gasteiger partial charge in [0.2, 0.25) is 0 Å². The van der Waals surface area contributed by atoms with Gasteiger partial charge in [0.15, 0.2) is 0 Å². The van der Waals surface area contributed by atoms with Crippen molar-refractivity contribution in [1.29, 1.82) is 0 Å². The molecule has 1 heterocycles. The van der Waals surface area contributed by atoms with Gasteiger partial charge in [-0.1, -0.05) is 0 Å². The topological polar surface area (TPSA) is 55.1 Å². The van der Waals surface area contributed by atoms with Crippen LogP contribution < -0.4 is 0 Å². The van der Waals surface area contributed by atoms with E-state index < -0.39 is 11.9 Å². The highest BCUT2D eigenvalue weighted by Crippen LogP contribution is 2.12. The Balaban J connectivity index is 0.00000121. The van der Waals surface area contributed by atoms with Crippen LogP contribution in [0.4, 0.5) is 0 Å². The number of halogens is 1. The van der Waals surface area contributed by atoms with Crippen molar-refractivity contribution in [2.75, 3.05) is 0 Å². The average Bonchev–Trinajstić information content (AvgIpc) is 2.33. The number of carboxylic acid groups (broad SMARTS) is 1. The van der Waals surface area contributed by atoms with Crippen LogP contribution in [-0.4, -0.2) is 20.9 Å². The van der Waals surface area contributed by atoms with Crippen molar-refractivity contribution >= 4 is 18.4 Å². The standard InChI is InChI=1S/C7H10N2O2.ClH/c1-5(7(10)11)6-3-4-8-9(6)2;/h3-5H,1-2H3,(H,10,11);1H. The van der Waals surface area contributed by atoms with Crippen molar-refractivity contribution in [3.63, 3.8) is 0 Å². The number of nitrogens with zero attached hydrogens (tertiary/aromatic N) is 2. The lowest BCUT2D eigenvalue weighted by Crippen LogP contribution is -2.11. The molecule has 1 unspecified atom stereocenters. The van der Waals surface area contributed by atoms with Gasteiger partial charge in [-0.2, -0.15) is 5.10 Å². The minimum Gasteiger partial charge on any atom is -0.481 e. The zero-order valence-electron chi connectivity index (χ0n) is 6.89. The number of carbonyl (C=O) groups is 1. The summed E-state index contributed by atoms with van der Waals surface area (Å²) in [6.07, 6.45) is 1.59. The van der Waals surface area contributed by atoms with E-state index in [1.54, 1.807) is 30.9 Å². The highest BCUT2D eigenvalue weighted by atomic mass is 35.5. The van der Waals surface area contributed by atoms with Crippen LogP contribution in [0.15, 0.2) is 12.3 Å². The number of aromatic nitrogens is 2. The van der Waals surface area contributed by atoms with Crippen molar-refractivity contribution in [3.05, 3.63) is 18.0 Å². The molecule has 4 nitrogen and oxygen atoms in total. The van der Waals surface area contributed by atoms with E-state index in [-0.39, 0.29) is 12.4 Å². The fourth-order valence-electron chi connectivity index (χ4n) is 0.935. The molecule has 1 atom stereocenters. The van der Waals surface area contributed by atoms with Crippen LogP contribution >= 0.6 is 12.4 Å². The maximum atomic E-state index is 10.5. The van der Waals surface area contributed by atoms with Gasteiger partial charge in [0.25, 0.3) is 0 Å². The largest absolute Gasteiger partial charge is 0.481 e. The molecule has 1 N–H and O–H groups in total. The van der Waals surface area contributed by atoms with E-state index in [0.717, 1.165) is 5.69 Å². The molecule has 1 rings (SSSR count). The van der Waals surface area contributed by atoms with Gasteiger partial charge in [0.05, 0.1) is 11.6 Å². The minimum atomic E-state index is -0.825. The zero-order valence-corrected chi connectivity index (χ0v) is 7.71. The van der Waals surface area contributed by atoms with E-state index in [9.17, 15) is 4.79 Å². The third kappa shape index (κ3) is 1.98. The van der Waals surface area contributed by atoms with E-state index in [4.69, 9.17) is 5.11 Å². The van der Waals surface area contributed by atoms with Gasteiger partial charge in [-0.3, -0.25) is 9.48 Å². The second-order valence-electron chi connectivity index (χ2n) is 2.44. The number of hydrogen-bond donors (Lipinski definition) is 1. The molecule has 0 bridgehead atoms. The molecule has 0 saturated carbocycles. The molecule has 0 spiro atoms. The Kier molecular flexibility index (Phi) is 3.76. The van der Waals surface area contributed by atoms with E-state index in [2.05, 4.69) is 5.10 Å². The molecule has 5 heteroatoms. The van der Waals surface area contributed by atoms with Crippen LogP contribution in [0.5, 0.6) is 0 Å². The summed E-state index contributed by atoms with van der Waals surface area (Å²) in [5, 5.41) is 12.5. The Hall–Kier alpha value is -1.03. The molecule has 0 aliphatic heterocycles. The summed E-state index contributed by atoms with van der Waals surface area (Å²) in [5.74, 6) is -1.31. The first-order valence-electron chi connectivity index (χ1n) is 3.33. The molecule has 0 radical (unpaired) electrons. The maximum absolute atomic E-state index is 10.5. The molecule has 0 aromatic carbocycles. The normalized spacial score (nSPS) is 11.8. The SMILES string of the molecule is CC(C(=O)O)c1ccnn1C.Cl. The monoisotopic (exact) mass is 190 g/mol. The van der Waals surface area contributed by atoms with Crippen LogP contribution in [-0.2, 0) is 11.8 Å². The molecular weight excluding hydrogens is 180 g/mol. The molecule has 0 fully saturated rings. The summed E-state index contributed by atoms with van der Waals surface area (Å²) >= 11 is 0. The Bertz CT molecular complexity index is 272. The second-order valence-corrected chi connectivity index (χ2v) is 2.44. The summed E-state index contributed by atoms with van der Waals surface area (Å²) in [6, 6.07) is 1.71. The first-order chi connectivity index (χ1) is 5.13. The van der Waals surface area contributed by atoms with E-state index in [0.29, 0.717) is 0 Å². The number of aliphatic carboxylic acids is 1. The maximum Gasteiger partial charge on any atom is 0.312 e. The fourth-order valence-corrected chi connectivity index (χ4v) is 0.935. The number of aryl methyl sites for hydroxylation is 1. The van der Waals surface area contributed by atoms with Gasteiger partial charge < -0.3 is 5.11 Å². The molecule has 1 aromatic rings. The highest BCUT2D eigenvalue weighted by molar-refractivity contribution is 5.85. The van der Waals surface area contributed by atoms with E-state index in [1.165, 1.54) is 0 Å². The molecular formula is C7H11ClN2O2. The van der Waals surface area contributed by atoms with Gasteiger partial charge in [-0.15, -0.1) is 12.4 Å². The van der Waals surface area contributed by atoms with Crippen molar-refractivity contribution < 1.29 is 9.90 Å². The number of rotatable bonds is 2. The van der Waals surface area contributed by atoms with Crippen molar-refractivity contribution in [2.45, 2.75) is 12.8 Å². The fraction of sp³-hybridized carbons (Fsp3) is 0.429. The van der Waals surface area contributed by atoms with Gasteiger partial charge in [0.1, 0.15) is 0 Å². The predicted octanol–water partition coefficient (Wildman–Crippen LogP) is 1.03. The van der Waals surface area contributed by atoms with Crippen molar-refractivity contribution in [2.24, 2.45) is 7.05 Å². The first kappa shape index (κ1) is 11.0. The predicted molar refractivity (Wildman–Crippen MR) is 46.5 cm³/mol. The highest BCUT2D eigenvalue weighted by Gasteiger charge is 2.15. The van der Waals surface area contributed by atoms with Crippen LogP contribution in [0, 0.1) is 0 Å². The Morgan fingerprint density at radius 2 is 2.33 bits per heavy atom. The second kappa shape index (κ2) is 4.11. The lowest BCUT2D eigenvalue weighted by molar-refractivity contribution is -0.138. The minimum absolute atomic E-state index is 0. The van der Waals surface area contributed by atoms with E-state index in [1.807, 2.05) is 0 Å². The Morgan fingerprint density at radius 3 is 2.67 bits per heavy atom. The lowest BCUT2D eigenvalue weighted by atomic mass is 10.1. The summed E-state index contributed by atoms with van der Waals surface area (Å²) in [7, 11) is 1.73. The molecule has 0 amide bonds.